The number of aliphatic imine (C=N–C) groups is 1. The highest BCUT2D eigenvalue weighted by Crippen LogP contribution is 2.27. The lowest BCUT2D eigenvalue weighted by molar-refractivity contribution is 0.230. The minimum Gasteiger partial charge on any atom is -0.495 e. The van der Waals surface area contributed by atoms with E-state index in [0.717, 1.165) is 0 Å². The zero-order chi connectivity index (χ0) is 17.5. The summed E-state index contributed by atoms with van der Waals surface area (Å²) in [4.78, 5) is 4.22. The normalized spacial score (nSPS) is 12.1. The van der Waals surface area contributed by atoms with Gasteiger partial charge in [-0.05, 0) is 49.4 Å². The molecule has 25 heavy (non-hydrogen) atoms. The van der Waals surface area contributed by atoms with Crippen molar-refractivity contribution < 1.29 is 13.9 Å². The molecule has 0 spiro atoms. The summed E-state index contributed by atoms with van der Waals surface area (Å²) in [5, 5.41) is 3.42. The minimum absolute atomic E-state index is 0. The number of halogens is 3. The van der Waals surface area contributed by atoms with Crippen LogP contribution in [0, 0.1) is 5.82 Å². The number of hydrogen-bond acceptors (Lipinski definition) is 3. The van der Waals surface area contributed by atoms with Crippen molar-refractivity contribution in [3.8, 4) is 11.5 Å². The Bertz CT molecular complexity index is 714. The van der Waals surface area contributed by atoms with Crippen LogP contribution in [0.5, 0.6) is 11.5 Å². The molecule has 136 valence electrons. The summed E-state index contributed by atoms with van der Waals surface area (Å²) < 4.78 is 23.6. The molecule has 0 aromatic heterocycles. The number of ether oxygens (including phenoxy) is 2. The molecule has 8 heteroatoms. The number of anilines is 1. The Balaban J connectivity index is 0.00000312. The third kappa shape index (κ3) is 6.95. The maximum Gasteiger partial charge on any atom is 0.193 e. The van der Waals surface area contributed by atoms with Gasteiger partial charge in [-0.1, -0.05) is 11.6 Å². The van der Waals surface area contributed by atoms with Crippen LogP contribution < -0.4 is 20.5 Å². The van der Waals surface area contributed by atoms with Gasteiger partial charge in [0.25, 0.3) is 0 Å². The van der Waals surface area contributed by atoms with E-state index in [9.17, 15) is 4.39 Å². The molecule has 0 amide bonds. The zero-order valence-corrected chi connectivity index (χ0v) is 16.9. The highest BCUT2D eigenvalue weighted by atomic mass is 127. The summed E-state index contributed by atoms with van der Waals surface area (Å²) >= 11 is 6.05. The van der Waals surface area contributed by atoms with Crippen molar-refractivity contribution in [3.05, 3.63) is 53.3 Å². The Labute approximate surface area is 168 Å². The Morgan fingerprint density at radius 2 is 1.96 bits per heavy atom. The average Bonchev–Trinajstić information content (AvgIpc) is 2.55. The molecule has 2 aromatic rings. The van der Waals surface area contributed by atoms with Gasteiger partial charge in [0.15, 0.2) is 5.96 Å². The van der Waals surface area contributed by atoms with Crippen LogP contribution in [0.2, 0.25) is 5.02 Å². The van der Waals surface area contributed by atoms with Crippen molar-refractivity contribution in [3.63, 3.8) is 0 Å². The zero-order valence-electron chi connectivity index (χ0n) is 13.8. The second kappa shape index (κ2) is 10.3. The van der Waals surface area contributed by atoms with Gasteiger partial charge >= 0.3 is 0 Å². The van der Waals surface area contributed by atoms with E-state index in [0.29, 0.717) is 28.8 Å². The van der Waals surface area contributed by atoms with E-state index < -0.39 is 0 Å². The van der Waals surface area contributed by atoms with Gasteiger partial charge in [0.05, 0.1) is 18.7 Å². The van der Waals surface area contributed by atoms with Crippen LogP contribution >= 0.6 is 35.6 Å². The number of hydrogen-bond donors (Lipinski definition) is 2. The fraction of sp³-hybridized carbons (Fsp3) is 0.235. The third-order valence-corrected chi connectivity index (χ3v) is 3.39. The second-order valence-electron chi connectivity index (χ2n) is 5.08. The van der Waals surface area contributed by atoms with Gasteiger partial charge in [0, 0.05) is 5.69 Å². The number of guanidine groups is 1. The SMILES string of the molecule is COc1ccc(NC(N)=NCC(C)Oc2ccc(F)cc2)cc1Cl.I. The van der Waals surface area contributed by atoms with E-state index in [4.69, 9.17) is 26.8 Å². The topological polar surface area (TPSA) is 68.9 Å². The maximum absolute atomic E-state index is 12.8. The standard InChI is InChI=1S/C17H19ClFN3O2.HI/c1-11(24-14-6-3-12(19)4-7-14)10-21-17(20)22-13-5-8-16(23-2)15(18)9-13;/h3-9,11H,10H2,1-2H3,(H3,20,21,22);1H. The molecule has 2 aromatic carbocycles. The highest BCUT2D eigenvalue weighted by Gasteiger charge is 2.05. The molecule has 0 heterocycles. The van der Waals surface area contributed by atoms with Crippen molar-refractivity contribution in [1.82, 2.24) is 0 Å². The largest absolute Gasteiger partial charge is 0.495 e. The van der Waals surface area contributed by atoms with Crippen LogP contribution in [-0.2, 0) is 0 Å². The van der Waals surface area contributed by atoms with E-state index in [2.05, 4.69) is 10.3 Å². The van der Waals surface area contributed by atoms with E-state index in [1.54, 1.807) is 37.4 Å². The molecule has 0 aliphatic heterocycles. The van der Waals surface area contributed by atoms with Crippen LogP contribution in [-0.4, -0.2) is 25.7 Å². The molecule has 0 bridgehead atoms. The van der Waals surface area contributed by atoms with Gasteiger partial charge < -0.3 is 20.5 Å². The molecular weight excluding hydrogens is 460 g/mol. The molecule has 0 fully saturated rings. The van der Waals surface area contributed by atoms with Gasteiger partial charge in [-0.15, -0.1) is 24.0 Å². The fourth-order valence-electron chi connectivity index (χ4n) is 1.94. The molecular formula is C17H20ClFIN3O2. The number of nitrogens with two attached hydrogens (primary N) is 1. The number of methoxy groups -OCH3 is 1. The van der Waals surface area contributed by atoms with Gasteiger partial charge in [-0.2, -0.15) is 0 Å². The number of nitrogens with zero attached hydrogens (tertiary/aromatic N) is 1. The van der Waals surface area contributed by atoms with E-state index in [1.807, 2.05) is 6.92 Å². The number of nitrogens with one attached hydrogen (secondary N) is 1. The predicted molar refractivity (Wildman–Crippen MR) is 110 cm³/mol. The molecule has 3 N–H and O–H groups in total. The van der Waals surface area contributed by atoms with Crippen molar-refractivity contribution in [2.24, 2.45) is 10.7 Å². The molecule has 0 aliphatic carbocycles. The van der Waals surface area contributed by atoms with Crippen LogP contribution in [0.3, 0.4) is 0 Å². The van der Waals surface area contributed by atoms with Gasteiger partial charge in [0.2, 0.25) is 0 Å². The summed E-state index contributed by atoms with van der Waals surface area (Å²) in [6.45, 7) is 2.20. The molecule has 0 saturated heterocycles. The molecule has 0 radical (unpaired) electrons. The molecule has 5 nitrogen and oxygen atoms in total. The van der Waals surface area contributed by atoms with Crippen LogP contribution in [0.4, 0.5) is 10.1 Å². The molecule has 2 rings (SSSR count). The first-order chi connectivity index (χ1) is 11.5. The minimum atomic E-state index is -0.306. The molecule has 0 aliphatic rings. The van der Waals surface area contributed by atoms with Gasteiger partial charge in [-0.3, -0.25) is 0 Å². The smallest absolute Gasteiger partial charge is 0.193 e. The predicted octanol–water partition coefficient (Wildman–Crippen LogP) is 4.30. The van der Waals surface area contributed by atoms with E-state index in [1.165, 1.54) is 12.1 Å². The van der Waals surface area contributed by atoms with E-state index >= 15 is 0 Å². The van der Waals surface area contributed by atoms with Gasteiger partial charge in [0.1, 0.15) is 23.4 Å². The quantitative estimate of drug-likeness (QED) is 0.368. The van der Waals surface area contributed by atoms with E-state index in [-0.39, 0.29) is 41.9 Å². The Morgan fingerprint density at radius 1 is 1.28 bits per heavy atom. The summed E-state index contributed by atoms with van der Waals surface area (Å²) in [6, 6.07) is 11.0. The molecule has 1 atom stereocenters. The summed E-state index contributed by atoms with van der Waals surface area (Å²) in [5.41, 5.74) is 6.55. The van der Waals surface area contributed by atoms with Crippen LogP contribution in [0.15, 0.2) is 47.5 Å². The second-order valence-corrected chi connectivity index (χ2v) is 5.49. The lowest BCUT2D eigenvalue weighted by Crippen LogP contribution is -2.25. The Hall–Kier alpha value is -1.74. The average molecular weight is 480 g/mol. The Kier molecular flexibility index (Phi) is 8.77. The van der Waals surface area contributed by atoms with Crippen LogP contribution in [0.1, 0.15) is 6.92 Å². The monoisotopic (exact) mass is 479 g/mol. The lowest BCUT2D eigenvalue weighted by atomic mass is 10.3. The van der Waals surface area contributed by atoms with Crippen molar-refractivity contribution >= 4 is 47.2 Å². The number of benzene rings is 2. The number of rotatable bonds is 6. The van der Waals surface area contributed by atoms with Gasteiger partial charge in [-0.25, -0.2) is 9.38 Å². The first-order valence-electron chi connectivity index (χ1n) is 7.30. The fourth-order valence-corrected chi connectivity index (χ4v) is 2.20. The van der Waals surface area contributed by atoms with Crippen molar-refractivity contribution in [1.29, 1.82) is 0 Å². The first-order valence-corrected chi connectivity index (χ1v) is 7.68. The Morgan fingerprint density at radius 3 is 2.56 bits per heavy atom. The van der Waals surface area contributed by atoms with Crippen molar-refractivity contribution in [2.75, 3.05) is 19.0 Å². The van der Waals surface area contributed by atoms with Crippen molar-refractivity contribution in [2.45, 2.75) is 13.0 Å². The summed E-state index contributed by atoms with van der Waals surface area (Å²) in [6.07, 6.45) is -0.213. The first kappa shape index (κ1) is 21.3. The molecule has 1 unspecified atom stereocenters. The lowest BCUT2D eigenvalue weighted by Gasteiger charge is -2.13. The molecule has 0 saturated carbocycles. The summed E-state index contributed by atoms with van der Waals surface area (Å²) in [7, 11) is 1.55. The summed E-state index contributed by atoms with van der Waals surface area (Å²) in [5.74, 6) is 1.09. The third-order valence-electron chi connectivity index (χ3n) is 3.09. The maximum atomic E-state index is 12.8. The highest BCUT2D eigenvalue weighted by molar-refractivity contribution is 14.0. The van der Waals surface area contributed by atoms with Crippen LogP contribution in [0.25, 0.3) is 0 Å².